The largest absolute Gasteiger partial charge is 0.368 e. The molecule has 0 aromatic heterocycles. The van der Waals surface area contributed by atoms with E-state index in [1.54, 1.807) is 0 Å². The van der Waals surface area contributed by atoms with Crippen LogP contribution in [0.3, 0.4) is 0 Å². The summed E-state index contributed by atoms with van der Waals surface area (Å²) in [6.07, 6.45) is -0.0205. The van der Waals surface area contributed by atoms with Crippen LogP contribution in [0, 0.1) is 11.6 Å². The normalized spacial score (nSPS) is 19.5. The molecular weight excluding hydrogens is 456 g/mol. The lowest BCUT2D eigenvalue weighted by Gasteiger charge is -2.33. The third-order valence-electron chi connectivity index (χ3n) is 5.54. The van der Waals surface area contributed by atoms with E-state index in [9.17, 15) is 26.8 Å². The second kappa shape index (κ2) is 8.87. The number of carbonyl (C=O) groups is 2. The molecule has 2 aliphatic rings. The summed E-state index contributed by atoms with van der Waals surface area (Å²) in [5.74, 6) is -2.23. The van der Waals surface area contributed by atoms with E-state index in [1.165, 1.54) is 50.6 Å². The van der Waals surface area contributed by atoms with Crippen LogP contribution in [0.15, 0.2) is 58.5 Å². The summed E-state index contributed by atoms with van der Waals surface area (Å²) in [5.41, 5.74) is 5.99. The van der Waals surface area contributed by atoms with Gasteiger partial charge in [-0.2, -0.15) is 9.41 Å². The Morgan fingerprint density at radius 1 is 0.970 bits per heavy atom. The molecule has 0 saturated carbocycles. The molecule has 1 atom stereocenters. The van der Waals surface area contributed by atoms with E-state index in [-0.39, 0.29) is 43.2 Å². The zero-order chi connectivity index (χ0) is 23.8. The zero-order valence-corrected chi connectivity index (χ0v) is 18.2. The smallest absolute Gasteiger partial charge is 0.270 e. The minimum Gasteiger partial charge on any atom is -0.368 e. The van der Waals surface area contributed by atoms with E-state index >= 15 is 0 Å². The lowest BCUT2D eigenvalue weighted by atomic mass is 10.1. The molecule has 33 heavy (non-hydrogen) atoms. The van der Waals surface area contributed by atoms with Gasteiger partial charge < -0.3 is 10.6 Å². The molecule has 0 spiro atoms. The van der Waals surface area contributed by atoms with Crippen LogP contribution in [0.5, 0.6) is 0 Å². The van der Waals surface area contributed by atoms with Gasteiger partial charge in [-0.3, -0.25) is 14.6 Å². The fourth-order valence-corrected chi connectivity index (χ4v) is 5.24. The summed E-state index contributed by atoms with van der Waals surface area (Å²) in [6, 6.07) is 9.13. The van der Waals surface area contributed by atoms with Crippen molar-refractivity contribution in [3.05, 3.63) is 60.2 Å². The molecule has 0 radical (unpaired) electrons. The minimum atomic E-state index is -3.90. The van der Waals surface area contributed by atoms with Crippen molar-refractivity contribution in [2.24, 2.45) is 10.8 Å². The molecule has 1 fully saturated rings. The van der Waals surface area contributed by atoms with Crippen molar-refractivity contribution in [2.75, 3.05) is 31.2 Å². The third kappa shape index (κ3) is 4.57. The molecule has 2 N–H and O–H groups in total. The minimum absolute atomic E-state index is 0.0205. The molecule has 2 aromatic carbocycles. The summed E-state index contributed by atoms with van der Waals surface area (Å²) in [4.78, 5) is 26.2. The van der Waals surface area contributed by atoms with Crippen LogP contribution in [0.1, 0.15) is 6.42 Å². The van der Waals surface area contributed by atoms with Crippen molar-refractivity contribution in [1.82, 2.24) is 9.21 Å². The molecule has 2 aromatic rings. The van der Waals surface area contributed by atoms with Gasteiger partial charge in [0.05, 0.1) is 10.6 Å². The number of hydrazone groups is 1. The molecule has 174 valence electrons. The number of primary amides is 1. The van der Waals surface area contributed by atoms with Gasteiger partial charge in [0, 0.05) is 32.6 Å². The van der Waals surface area contributed by atoms with Gasteiger partial charge in [-0.25, -0.2) is 17.2 Å². The molecule has 1 unspecified atom stereocenters. The maximum Gasteiger partial charge on any atom is 0.270 e. The Balaban J connectivity index is 1.46. The number of rotatable bonds is 5. The van der Waals surface area contributed by atoms with Crippen molar-refractivity contribution in [2.45, 2.75) is 17.4 Å². The lowest BCUT2D eigenvalue weighted by Crippen LogP contribution is -2.52. The van der Waals surface area contributed by atoms with Gasteiger partial charge in [-0.05, 0) is 42.5 Å². The van der Waals surface area contributed by atoms with E-state index in [1.807, 2.05) is 0 Å². The Kier molecular flexibility index (Phi) is 6.13. The topological polar surface area (TPSA) is 116 Å². The molecule has 9 nitrogen and oxygen atoms in total. The van der Waals surface area contributed by atoms with Gasteiger partial charge >= 0.3 is 0 Å². The van der Waals surface area contributed by atoms with Gasteiger partial charge in [0.1, 0.15) is 23.4 Å². The number of nitrogens with zero attached hydrogens (tertiary/aromatic N) is 4. The lowest BCUT2D eigenvalue weighted by molar-refractivity contribution is -0.125. The monoisotopic (exact) mass is 477 g/mol. The Morgan fingerprint density at radius 2 is 1.64 bits per heavy atom. The first-order valence-electron chi connectivity index (χ1n) is 10.1. The van der Waals surface area contributed by atoms with E-state index < -0.39 is 39.5 Å². The zero-order valence-electron chi connectivity index (χ0n) is 17.4. The summed E-state index contributed by atoms with van der Waals surface area (Å²) < 4.78 is 53.4. The number of amides is 2. The maximum absolute atomic E-state index is 13.5. The van der Waals surface area contributed by atoms with Crippen molar-refractivity contribution in [3.8, 4) is 0 Å². The predicted molar refractivity (Wildman–Crippen MR) is 116 cm³/mol. The van der Waals surface area contributed by atoms with Crippen LogP contribution >= 0.6 is 0 Å². The Hall–Kier alpha value is -3.38. The van der Waals surface area contributed by atoms with Gasteiger partial charge in [-0.1, -0.05) is 6.07 Å². The van der Waals surface area contributed by atoms with Crippen molar-refractivity contribution >= 4 is 33.2 Å². The first kappa shape index (κ1) is 22.8. The number of piperazine rings is 1. The number of anilines is 1. The third-order valence-corrected chi connectivity index (χ3v) is 7.43. The van der Waals surface area contributed by atoms with Crippen LogP contribution < -0.4 is 10.7 Å². The quantitative estimate of drug-likeness (QED) is 0.688. The van der Waals surface area contributed by atoms with E-state index in [0.29, 0.717) is 5.69 Å². The van der Waals surface area contributed by atoms with Crippen molar-refractivity contribution in [1.29, 1.82) is 0 Å². The number of hydrogen-bond acceptors (Lipinski definition) is 6. The molecular formula is C21H21F2N5O4S. The van der Waals surface area contributed by atoms with Crippen LogP contribution in [0.4, 0.5) is 14.5 Å². The van der Waals surface area contributed by atoms with E-state index in [0.717, 1.165) is 12.1 Å². The Morgan fingerprint density at radius 3 is 2.24 bits per heavy atom. The SMILES string of the molecule is NC(=O)C1CC(C(=O)N2CCN(S(=O)(=O)c3cccc(F)c3)CC2)=NN1c1ccc(F)cc1. The summed E-state index contributed by atoms with van der Waals surface area (Å²) in [5, 5.41) is 5.54. The second-order valence-corrected chi connectivity index (χ2v) is 9.58. The maximum atomic E-state index is 13.5. The number of sulfonamides is 1. The first-order valence-corrected chi connectivity index (χ1v) is 11.6. The van der Waals surface area contributed by atoms with Crippen LogP contribution in [0.25, 0.3) is 0 Å². The number of nitrogens with two attached hydrogens (primary N) is 1. The Bertz CT molecular complexity index is 1210. The number of hydrogen-bond donors (Lipinski definition) is 1. The average Bonchev–Trinajstić information content (AvgIpc) is 3.25. The molecule has 0 bridgehead atoms. The van der Waals surface area contributed by atoms with Gasteiger partial charge in [-0.15, -0.1) is 0 Å². The highest BCUT2D eigenvalue weighted by molar-refractivity contribution is 7.89. The number of halogens is 2. The Labute approximate surface area is 189 Å². The molecule has 0 aliphatic carbocycles. The first-order chi connectivity index (χ1) is 15.7. The van der Waals surface area contributed by atoms with Crippen LogP contribution in [0.2, 0.25) is 0 Å². The molecule has 2 amide bonds. The number of benzene rings is 2. The second-order valence-electron chi connectivity index (χ2n) is 7.64. The van der Waals surface area contributed by atoms with Crippen LogP contribution in [-0.2, 0) is 19.6 Å². The predicted octanol–water partition coefficient (Wildman–Crippen LogP) is 0.918. The van der Waals surface area contributed by atoms with Crippen molar-refractivity contribution < 1.29 is 26.8 Å². The van der Waals surface area contributed by atoms with Gasteiger partial charge in [0.25, 0.3) is 5.91 Å². The molecule has 2 aliphatic heterocycles. The summed E-state index contributed by atoms with van der Waals surface area (Å²) in [6.45, 7) is 0.256. The fraction of sp³-hybridized carbons (Fsp3) is 0.286. The standard InChI is InChI=1S/C21H21F2N5O4S/c22-14-4-6-16(7-5-14)28-19(20(24)29)13-18(25-28)21(30)26-8-10-27(11-9-26)33(31,32)17-3-1-2-15(23)12-17/h1-7,12,19H,8-11,13H2,(H2,24,29). The highest BCUT2D eigenvalue weighted by Gasteiger charge is 2.38. The summed E-state index contributed by atoms with van der Waals surface area (Å²) in [7, 11) is -3.90. The highest BCUT2D eigenvalue weighted by Crippen LogP contribution is 2.26. The molecule has 4 rings (SSSR count). The van der Waals surface area contributed by atoms with Crippen LogP contribution in [-0.4, -0.2) is 67.4 Å². The fourth-order valence-electron chi connectivity index (χ4n) is 3.78. The molecule has 1 saturated heterocycles. The highest BCUT2D eigenvalue weighted by atomic mass is 32.2. The number of carbonyl (C=O) groups excluding carboxylic acids is 2. The van der Waals surface area contributed by atoms with Gasteiger partial charge in [0.15, 0.2) is 0 Å². The average molecular weight is 477 g/mol. The van der Waals surface area contributed by atoms with Gasteiger partial charge in [0.2, 0.25) is 15.9 Å². The summed E-state index contributed by atoms with van der Waals surface area (Å²) >= 11 is 0. The van der Waals surface area contributed by atoms with E-state index in [2.05, 4.69) is 5.10 Å². The van der Waals surface area contributed by atoms with Crippen molar-refractivity contribution in [3.63, 3.8) is 0 Å². The van der Waals surface area contributed by atoms with E-state index in [4.69, 9.17) is 5.73 Å². The molecule has 2 heterocycles. The molecule has 12 heteroatoms.